The quantitative estimate of drug-likeness (QED) is 0.488. The smallest absolute Gasteiger partial charge is 0.228 e. The summed E-state index contributed by atoms with van der Waals surface area (Å²) in [6.07, 6.45) is 8.85. The number of ether oxygens (including phenoxy) is 1. The van der Waals surface area contributed by atoms with Crippen LogP contribution in [0.15, 0.2) is 30.9 Å². The van der Waals surface area contributed by atoms with Crippen LogP contribution in [-0.4, -0.2) is 53.4 Å². The third kappa shape index (κ3) is 3.27. The molecule has 0 aromatic carbocycles. The van der Waals surface area contributed by atoms with E-state index in [2.05, 4.69) is 30.5 Å². The lowest BCUT2D eigenvalue weighted by Gasteiger charge is -2.33. The van der Waals surface area contributed by atoms with E-state index in [-0.39, 0.29) is 6.04 Å². The normalized spacial score (nSPS) is 22.2. The van der Waals surface area contributed by atoms with Crippen LogP contribution in [0.2, 0.25) is 0 Å². The van der Waals surface area contributed by atoms with E-state index in [1.807, 2.05) is 35.9 Å². The van der Waals surface area contributed by atoms with Gasteiger partial charge in [-0.3, -0.25) is 4.40 Å². The van der Waals surface area contributed by atoms with Gasteiger partial charge in [0.15, 0.2) is 5.65 Å². The number of aromatic amines is 1. The van der Waals surface area contributed by atoms with Crippen molar-refractivity contribution in [2.75, 3.05) is 12.4 Å². The summed E-state index contributed by atoms with van der Waals surface area (Å²) in [5, 5.41) is 22.4. The van der Waals surface area contributed by atoms with Gasteiger partial charge in [0.2, 0.25) is 11.8 Å². The molecule has 29 heavy (non-hydrogen) atoms. The molecule has 1 fully saturated rings. The highest BCUT2D eigenvalue weighted by atomic mass is 16.5. The Kier molecular flexibility index (Phi) is 4.13. The lowest BCUT2D eigenvalue weighted by atomic mass is 9.84. The molecule has 4 heterocycles. The highest BCUT2D eigenvalue weighted by molar-refractivity contribution is 5.97. The maximum absolute atomic E-state index is 10.2. The van der Waals surface area contributed by atoms with Gasteiger partial charge in [0, 0.05) is 29.6 Å². The Morgan fingerprint density at radius 3 is 2.90 bits per heavy atom. The maximum atomic E-state index is 10.2. The summed E-state index contributed by atoms with van der Waals surface area (Å²) >= 11 is 0. The van der Waals surface area contributed by atoms with Crippen LogP contribution in [0.4, 0.5) is 5.95 Å². The topological polar surface area (TPSA) is 113 Å². The first-order chi connectivity index (χ1) is 14.0. The lowest BCUT2D eigenvalue weighted by molar-refractivity contribution is 0.0195. The van der Waals surface area contributed by atoms with Gasteiger partial charge in [0.05, 0.1) is 18.1 Å². The molecule has 4 aromatic rings. The van der Waals surface area contributed by atoms with Crippen molar-refractivity contribution >= 4 is 22.6 Å². The number of nitrogens with one attached hydrogen (secondary N) is 2. The molecule has 0 radical (unpaired) electrons. The van der Waals surface area contributed by atoms with Crippen molar-refractivity contribution in [2.45, 2.75) is 44.2 Å². The minimum Gasteiger partial charge on any atom is -0.480 e. The van der Waals surface area contributed by atoms with E-state index in [0.717, 1.165) is 47.8 Å². The van der Waals surface area contributed by atoms with E-state index in [9.17, 15) is 5.11 Å². The lowest BCUT2D eigenvalue weighted by Crippen LogP contribution is -2.36. The molecule has 9 heteroatoms. The highest BCUT2D eigenvalue weighted by Crippen LogP contribution is 2.35. The summed E-state index contributed by atoms with van der Waals surface area (Å²) in [6.45, 7) is 1.90. The number of aromatic nitrogens is 6. The van der Waals surface area contributed by atoms with Crippen molar-refractivity contribution in [2.24, 2.45) is 0 Å². The number of methoxy groups -OCH3 is 1. The largest absolute Gasteiger partial charge is 0.480 e. The van der Waals surface area contributed by atoms with Crippen molar-refractivity contribution in [3.8, 4) is 17.0 Å². The molecule has 0 amide bonds. The van der Waals surface area contributed by atoms with Crippen LogP contribution in [0.1, 0.15) is 32.6 Å². The molecule has 0 spiro atoms. The van der Waals surface area contributed by atoms with Crippen molar-refractivity contribution in [1.29, 1.82) is 0 Å². The molecule has 0 aliphatic heterocycles. The first-order valence-corrected chi connectivity index (χ1v) is 9.74. The van der Waals surface area contributed by atoms with Crippen LogP contribution < -0.4 is 10.1 Å². The number of nitrogens with zero attached hydrogens (tertiary/aromatic N) is 5. The van der Waals surface area contributed by atoms with Gasteiger partial charge >= 0.3 is 0 Å². The molecule has 0 unspecified atom stereocenters. The van der Waals surface area contributed by atoms with Crippen LogP contribution in [0.5, 0.6) is 5.88 Å². The third-order valence-electron chi connectivity index (χ3n) is 5.69. The Hall–Kier alpha value is -3.20. The van der Waals surface area contributed by atoms with E-state index < -0.39 is 5.60 Å². The number of hydrogen-bond donors (Lipinski definition) is 3. The summed E-state index contributed by atoms with van der Waals surface area (Å²) < 4.78 is 7.47. The van der Waals surface area contributed by atoms with Crippen molar-refractivity contribution in [3.05, 3.63) is 30.9 Å². The maximum Gasteiger partial charge on any atom is 0.228 e. The first-order valence-electron chi connectivity index (χ1n) is 9.74. The number of fused-ring (bicyclic) bond motifs is 2. The molecule has 1 saturated carbocycles. The van der Waals surface area contributed by atoms with Crippen LogP contribution >= 0.6 is 0 Å². The molecular weight excluding hydrogens is 370 g/mol. The first kappa shape index (κ1) is 17.9. The van der Waals surface area contributed by atoms with E-state index in [1.54, 1.807) is 13.4 Å². The Morgan fingerprint density at radius 2 is 2.10 bits per heavy atom. The molecule has 0 saturated heterocycles. The fourth-order valence-corrected chi connectivity index (χ4v) is 3.99. The molecule has 1 aliphatic rings. The van der Waals surface area contributed by atoms with E-state index >= 15 is 0 Å². The number of rotatable bonds is 4. The van der Waals surface area contributed by atoms with Gasteiger partial charge in [-0.05, 0) is 44.7 Å². The third-order valence-corrected chi connectivity index (χ3v) is 5.69. The Balaban J connectivity index is 1.49. The van der Waals surface area contributed by atoms with E-state index in [4.69, 9.17) is 4.74 Å². The molecule has 0 atom stereocenters. The van der Waals surface area contributed by atoms with Gasteiger partial charge in [-0.15, -0.1) is 10.2 Å². The van der Waals surface area contributed by atoms with Gasteiger partial charge in [0.25, 0.3) is 0 Å². The molecule has 4 aromatic heterocycles. The van der Waals surface area contributed by atoms with Gasteiger partial charge in [-0.25, -0.2) is 0 Å². The second-order valence-corrected chi connectivity index (χ2v) is 7.91. The minimum atomic E-state index is -0.569. The van der Waals surface area contributed by atoms with Gasteiger partial charge in [-0.2, -0.15) is 9.97 Å². The fourth-order valence-electron chi connectivity index (χ4n) is 3.99. The van der Waals surface area contributed by atoms with Gasteiger partial charge in [0.1, 0.15) is 12.0 Å². The zero-order chi connectivity index (χ0) is 20.0. The van der Waals surface area contributed by atoms with Crippen LogP contribution in [0, 0.1) is 0 Å². The van der Waals surface area contributed by atoms with Gasteiger partial charge < -0.3 is 20.1 Å². The van der Waals surface area contributed by atoms with Crippen molar-refractivity contribution < 1.29 is 9.84 Å². The number of pyridine rings is 1. The molecular formula is C20H23N7O2. The molecule has 1 aliphatic carbocycles. The van der Waals surface area contributed by atoms with E-state index in [1.165, 1.54) is 0 Å². The predicted molar refractivity (Wildman–Crippen MR) is 109 cm³/mol. The standard InChI is InChI=1S/C20H23N7O2/c1-20(28)7-5-13(6-8-20)23-19-24-17-16(18(25-19)29-2)14(9-21-17)12-3-4-15-26-22-11-27(15)10-12/h3-4,9-11,13,28H,5-8H2,1-2H3,(H2,21,23,24,25)/t13-,20+. The number of hydrogen-bond acceptors (Lipinski definition) is 7. The van der Waals surface area contributed by atoms with Crippen molar-refractivity contribution in [3.63, 3.8) is 0 Å². The summed E-state index contributed by atoms with van der Waals surface area (Å²) in [5.74, 6) is 1.05. The number of anilines is 1. The summed E-state index contributed by atoms with van der Waals surface area (Å²) in [5.41, 5.74) is 2.87. The monoisotopic (exact) mass is 393 g/mol. The van der Waals surface area contributed by atoms with Crippen LogP contribution in [-0.2, 0) is 0 Å². The van der Waals surface area contributed by atoms with Gasteiger partial charge in [-0.1, -0.05) is 0 Å². The summed E-state index contributed by atoms with van der Waals surface area (Å²) in [6, 6.07) is 4.15. The Labute approximate surface area is 167 Å². The average Bonchev–Trinajstić information content (AvgIpc) is 3.35. The summed E-state index contributed by atoms with van der Waals surface area (Å²) in [7, 11) is 1.61. The second kappa shape index (κ2) is 6.70. The minimum absolute atomic E-state index is 0.239. The second-order valence-electron chi connectivity index (χ2n) is 7.91. The van der Waals surface area contributed by atoms with Crippen molar-refractivity contribution in [1.82, 2.24) is 29.5 Å². The SMILES string of the molecule is COc1nc(N[C@H]2CC[C@@](C)(O)CC2)nc2[nH]cc(-c3ccc4nncn4c3)c12. The molecule has 3 N–H and O–H groups in total. The zero-order valence-corrected chi connectivity index (χ0v) is 16.4. The average molecular weight is 393 g/mol. The number of H-pyrrole nitrogens is 1. The molecule has 0 bridgehead atoms. The molecule has 9 nitrogen and oxygen atoms in total. The highest BCUT2D eigenvalue weighted by Gasteiger charge is 2.29. The van der Waals surface area contributed by atoms with Crippen LogP contribution in [0.25, 0.3) is 27.8 Å². The van der Waals surface area contributed by atoms with E-state index in [0.29, 0.717) is 17.5 Å². The molecule has 150 valence electrons. The number of aliphatic hydroxyl groups is 1. The Morgan fingerprint density at radius 1 is 1.28 bits per heavy atom. The summed E-state index contributed by atoms with van der Waals surface area (Å²) in [4.78, 5) is 12.5. The van der Waals surface area contributed by atoms with Crippen LogP contribution in [0.3, 0.4) is 0 Å². The predicted octanol–water partition coefficient (Wildman–Crippen LogP) is 2.78. The Bertz CT molecular complexity index is 1170. The fraction of sp³-hybridized carbons (Fsp3) is 0.400. The molecule has 5 rings (SSSR count). The zero-order valence-electron chi connectivity index (χ0n) is 16.4.